The van der Waals surface area contributed by atoms with Gasteiger partial charge in [0.05, 0.1) is 23.8 Å². The Morgan fingerprint density at radius 3 is 2.23 bits per heavy atom. The lowest BCUT2D eigenvalue weighted by molar-refractivity contribution is -0.138. The van der Waals surface area contributed by atoms with Gasteiger partial charge >= 0.3 is 6.18 Å². The molecule has 2 aromatic carbocycles. The van der Waals surface area contributed by atoms with Crippen molar-refractivity contribution in [3.8, 4) is 0 Å². The summed E-state index contributed by atoms with van der Waals surface area (Å²) < 4.78 is 39.2. The van der Waals surface area contributed by atoms with E-state index in [4.69, 9.17) is 0 Å². The first-order valence-corrected chi connectivity index (χ1v) is 9.46. The molecule has 1 N–H and O–H groups in total. The minimum Gasteiger partial charge on any atom is -0.335 e. The standard InChI is InChI=1S/C22H26F3N3O2/c1-15-9-11-17(12-10-15)13-27(3)16(2)21(30)28(4)14-20(29)26-19-8-6-5-7-18(19)22(23,24)25/h5-12,16H,13-14H2,1-4H3,(H,26,29)/t16-/m1/s1. The molecule has 5 nitrogen and oxygen atoms in total. The molecule has 0 unspecified atom stereocenters. The number of hydrogen-bond donors (Lipinski definition) is 1. The van der Waals surface area contributed by atoms with E-state index in [2.05, 4.69) is 5.32 Å². The Kier molecular flexibility index (Phi) is 7.61. The summed E-state index contributed by atoms with van der Waals surface area (Å²) in [7, 11) is 3.25. The summed E-state index contributed by atoms with van der Waals surface area (Å²) in [6, 6.07) is 12.2. The lowest BCUT2D eigenvalue weighted by Gasteiger charge is -2.28. The third-order valence-electron chi connectivity index (χ3n) is 4.83. The molecule has 0 aliphatic heterocycles. The van der Waals surface area contributed by atoms with Gasteiger partial charge in [-0.2, -0.15) is 13.2 Å². The number of rotatable bonds is 7. The average Bonchev–Trinajstić information content (AvgIpc) is 2.68. The number of nitrogens with zero attached hydrogens (tertiary/aromatic N) is 2. The lowest BCUT2D eigenvalue weighted by Crippen LogP contribution is -2.46. The number of anilines is 1. The summed E-state index contributed by atoms with van der Waals surface area (Å²) in [5.41, 5.74) is 0.925. The fourth-order valence-electron chi connectivity index (χ4n) is 2.95. The number of benzene rings is 2. The number of para-hydroxylation sites is 1. The van der Waals surface area contributed by atoms with Crippen molar-refractivity contribution in [2.45, 2.75) is 32.6 Å². The average molecular weight is 421 g/mol. The topological polar surface area (TPSA) is 52.7 Å². The molecule has 0 aromatic heterocycles. The maximum atomic E-state index is 13.1. The van der Waals surface area contributed by atoms with E-state index in [0.717, 1.165) is 17.2 Å². The summed E-state index contributed by atoms with van der Waals surface area (Å²) >= 11 is 0. The van der Waals surface area contributed by atoms with Crippen LogP contribution >= 0.6 is 0 Å². The van der Waals surface area contributed by atoms with Gasteiger partial charge in [0.1, 0.15) is 0 Å². The number of halogens is 3. The molecule has 162 valence electrons. The summed E-state index contributed by atoms with van der Waals surface area (Å²) in [5, 5.41) is 2.25. The van der Waals surface area contributed by atoms with E-state index in [-0.39, 0.29) is 18.1 Å². The molecule has 2 amide bonds. The molecule has 1 atom stereocenters. The Hall–Kier alpha value is -2.87. The van der Waals surface area contributed by atoms with Gasteiger partial charge in [0.2, 0.25) is 11.8 Å². The third kappa shape index (κ3) is 6.32. The van der Waals surface area contributed by atoms with Crippen LogP contribution in [-0.4, -0.2) is 48.3 Å². The zero-order valence-corrected chi connectivity index (χ0v) is 17.5. The molecular formula is C22H26F3N3O2. The second-order valence-corrected chi connectivity index (χ2v) is 7.36. The van der Waals surface area contributed by atoms with Gasteiger partial charge in [-0.05, 0) is 38.6 Å². The smallest absolute Gasteiger partial charge is 0.335 e. The van der Waals surface area contributed by atoms with Crippen LogP contribution in [0, 0.1) is 6.92 Å². The molecule has 0 saturated carbocycles. The van der Waals surface area contributed by atoms with Gasteiger partial charge in [0.25, 0.3) is 0 Å². The van der Waals surface area contributed by atoms with Crippen molar-refractivity contribution < 1.29 is 22.8 Å². The number of likely N-dealkylation sites (N-methyl/N-ethyl adjacent to an activating group) is 2. The van der Waals surface area contributed by atoms with Gasteiger partial charge < -0.3 is 10.2 Å². The number of aryl methyl sites for hydroxylation is 1. The first-order valence-electron chi connectivity index (χ1n) is 9.46. The molecular weight excluding hydrogens is 395 g/mol. The quantitative estimate of drug-likeness (QED) is 0.737. The van der Waals surface area contributed by atoms with E-state index in [1.807, 2.05) is 36.1 Å². The normalized spacial score (nSPS) is 12.5. The number of nitrogens with one attached hydrogen (secondary N) is 1. The van der Waals surface area contributed by atoms with E-state index in [9.17, 15) is 22.8 Å². The van der Waals surface area contributed by atoms with Crippen LogP contribution in [0.25, 0.3) is 0 Å². The Morgan fingerprint density at radius 1 is 1.03 bits per heavy atom. The lowest BCUT2D eigenvalue weighted by atomic mass is 10.1. The predicted molar refractivity (Wildman–Crippen MR) is 110 cm³/mol. The Labute approximate surface area is 174 Å². The molecule has 0 aliphatic rings. The van der Waals surface area contributed by atoms with E-state index in [1.165, 1.54) is 30.1 Å². The zero-order valence-electron chi connectivity index (χ0n) is 17.5. The SMILES string of the molecule is Cc1ccc(CN(C)[C@H](C)C(=O)N(C)CC(=O)Nc2ccccc2C(F)(F)F)cc1. The molecule has 0 radical (unpaired) electrons. The molecule has 0 bridgehead atoms. The van der Waals surface area contributed by atoms with Gasteiger partial charge in [0.15, 0.2) is 0 Å². The van der Waals surface area contributed by atoms with Gasteiger partial charge in [0, 0.05) is 13.6 Å². The van der Waals surface area contributed by atoms with E-state index < -0.39 is 23.7 Å². The molecule has 30 heavy (non-hydrogen) atoms. The van der Waals surface area contributed by atoms with Crippen LogP contribution in [0.4, 0.5) is 18.9 Å². The highest BCUT2D eigenvalue weighted by atomic mass is 19.4. The van der Waals surface area contributed by atoms with Crippen molar-refractivity contribution in [2.24, 2.45) is 0 Å². The minimum absolute atomic E-state index is 0.302. The van der Waals surface area contributed by atoms with Crippen molar-refractivity contribution >= 4 is 17.5 Å². The van der Waals surface area contributed by atoms with Gasteiger partial charge in [-0.1, -0.05) is 42.0 Å². The number of carbonyl (C=O) groups excluding carboxylic acids is 2. The minimum atomic E-state index is -4.58. The molecule has 0 aliphatic carbocycles. The number of amides is 2. The number of carbonyl (C=O) groups is 2. The van der Waals surface area contributed by atoms with Crippen LogP contribution in [0.5, 0.6) is 0 Å². The van der Waals surface area contributed by atoms with Gasteiger partial charge in [-0.15, -0.1) is 0 Å². The Morgan fingerprint density at radius 2 is 1.63 bits per heavy atom. The number of hydrogen-bond acceptors (Lipinski definition) is 3. The molecule has 0 saturated heterocycles. The summed E-state index contributed by atoms with van der Waals surface area (Å²) in [6.07, 6.45) is -4.58. The Bertz CT molecular complexity index is 882. The van der Waals surface area contributed by atoms with Crippen molar-refractivity contribution in [3.05, 3.63) is 65.2 Å². The maximum Gasteiger partial charge on any atom is 0.418 e. The third-order valence-corrected chi connectivity index (χ3v) is 4.83. The van der Waals surface area contributed by atoms with Gasteiger partial charge in [-0.25, -0.2) is 0 Å². The largest absolute Gasteiger partial charge is 0.418 e. The highest BCUT2D eigenvalue weighted by Crippen LogP contribution is 2.34. The zero-order chi connectivity index (χ0) is 22.5. The number of alkyl halides is 3. The van der Waals surface area contributed by atoms with E-state index in [1.54, 1.807) is 14.0 Å². The summed E-state index contributed by atoms with van der Waals surface area (Å²) in [6.45, 7) is 3.91. The molecule has 0 heterocycles. The van der Waals surface area contributed by atoms with Crippen molar-refractivity contribution in [2.75, 3.05) is 26.0 Å². The van der Waals surface area contributed by atoms with Crippen molar-refractivity contribution in [3.63, 3.8) is 0 Å². The summed E-state index contributed by atoms with van der Waals surface area (Å²) in [4.78, 5) is 28.0. The van der Waals surface area contributed by atoms with Crippen LogP contribution in [0.3, 0.4) is 0 Å². The van der Waals surface area contributed by atoms with E-state index in [0.29, 0.717) is 6.54 Å². The molecule has 2 rings (SSSR count). The molecule has 0 spiro atoms. The van der Waals surface area contributed by atoms with Crippen LogP contribution < -0.4 is 5.32 Å². The van der Waals surface area contributed by atoms with Gasteiger partial charge in [-0.3, -0.25) is 14.5 Å². The first-order chi connectivity index (χ1) is 14.0. The molecule has 0 fully saturated rings. The second-order valence-electron chi connectivity index (χ2n) is 7.36. The highest BCUT2D eigenvalue weighted by molar-refractivity contribution is 5.95. The predicted octanol–water partition coefficient (Wildman–Crippen LogP) is 3.93. The summed E-state index contributed by atoms with van der Waals surface area (Å²) in [5.74, 6) is -1.00. The molecule has 8 heteroatoms. The Balaban J connectivity index is 1.96. The van der Waals surface area contributed by atoms with Crippen LogP contribution in [0.1, 0.15) is 23.6 Å². The fraction of sp³-hybridized carbons (Fsp3) is 0.364. The highest BCUT2D eigenvalue weighted by Gasteiger charge is 2.33. The first kappa shape index (κ1) is 23.4. The van der Waals surface area contributed by atoms with Crippen molar-refractivity contribution in [1.29, 1.82) is 0 Å². The maximum absolute atomic E-state index is 13.1. The van der Waals surface area contributed by atoms with Crippen LogP contribution in [0.2, 0.25) is 0 Å². The monoisotopic (exact) mass is 421 g/mol. The second kappa shape index (κ2) is 9.75. The van der Waals surface area contributed by atoms with Crippen molar-refractivity contribution in [1.82, 2.24) is 9.80 Å². The molecule has 2 aromatic rings. The van der Waals surface area contributed by atoms with Crippen LogP contribution in [0.15, 0.2) is 48.5 Å². The van der Waals surface area contributed by atoms with E-state index >= 15 is 0 Å². The fourth-order valence-corrected chi connectivity index (χ4v) is 2.95. The van der Waals surface area contributed by atoms with Crippen LogP contribution in [-0.2, 0) is 22.3 Å².